The molecule has 0 radical (unpaired) electrons. The van der Waals surface area contributed by atoms with E-state index >= 15 is 0 Å². The first-order valence-electron chi connectivity index (χ1n) is 7.95. The number of hydrogen-bond acceptors (Lipinski definition) is 3. The first-order valence-corrected chi connectivity index (χ1v) is 8.33. The van der Waals surface area contributed by atoms with Gasteiger partial charge in [0.15, 0.2) is 6.10 Å². The van der Waals surface area contributed by atoms with Crippen molar-refractivity contribution in [2.24, 2.45) is 5.16 Å². The number of nitrogens with one attached hydrogen (secondary N) is 1. The molecular formula is C18H24ClN3O2. The zero-order valence-electron chi connectivity index (χ0n) is 14.4. The molecule has 0 saturated carbocycles. The summed E-state index contributed by atoms with van der Waals surface area (Å²) in [4.78, 5) is 19.6. The van der Waals surface area contributed by atoms with Crippen LogP contribution in [0.2, 0.25) is 5.02 Å². The van der Waals surface area contributed by atoms with Crippen molar-refractivity contribution in [3.63, 3.8) is 0 Å². The maximum Gasteiger partial charge on any atom is 0.318 e. The molecule has 1 aromatic rings. The summed E-state index contributed by atoms with van der Waals surface area (Å²) in [6.45, 7) is 10.5. The average molecular weight is 350 g/mol. The maximum absolute atomic E-state index is 12.4. The maximum atomic E-state index is 12.4. The summed E-state index contributed by atoms with van der Waals surface area (Å²) in [6.07, 6.45) is 2.19. The van der Waals surface area contributed by atoms with Gasteiger partial charge in [-0.05, 0) is 38.5 Å². The van der Waals surface area contributed by atoms with Gasteiger partial charge in [0.2, 0.25) is 0 Å². The van der Waals surface area contributed by atoms with Crippen LogP contribution >= 0.6 is 11.6 Å². The fourth-order valence-corrected chi connectivity index (χ4v) is 2.51. The monoisotopic (exact) mass is 349 g/mol. The quantitative estimate of drug-likeness (QED) is 0.821. The molecule has 6 heteroatoms. The third-order valence-electron chi connectivity index (χ3n) is 3.45. The van der Waals surface area contributed by atoms with E-state index in [-0.39, 0.29) is 17.7 Å². The van der Waals surface area contributed by atoms with Crippen molar-refractivity contribution < 1.29 is 9.63 Å². The Labute approximate surface area is 148 Å². The number of benzene rings is 1. The molecule has 1 N–H and O–H groups in total. The van der Waals surface area contributed by atoms with Gasteiger partial charge in [0.25, 0.3) is 0 Å². The van der Waals surface area contributed by atoms with Crippen LogP contribution in [-0.4, -0.2) is 41.4 Å². The molecule has 1 aliphatic heterocycles. The van der Waals surface area contributed by atoms with Gasteiger partial charge in [0, 0.05) is 23.5 Å². The summed E-state index contributed by atoms with van der Waals surface area (Å²) in [5.41, 5.74) is 1.56. The van der Waals surface area contributed by atoms with Crippen LogP contribution in [0.15, 0.2) is 42.1 Å². The fourth-order valence-electron chi connectivity index (χ4n) is 2.38. The first kappa shape index (κ1) is 18.3. The van der Waals surface area contributed by atoms with Crippen LogP contribution in [0.5, 0.6) is 0 Å². The largest absolute Gasteiger partial charge is 0.390 e. The van der Waals surface area contributed by atoms with E-state index in [0.717, 1.165) is 11.3 Å². The first-order chi connectivity index (χ1) is 11.3. The predicted octanol–water partition coefficient (Wildman–Crippen LogP) is 3.83. The highest BCUT2D eigenvalue weighted by atomic mass is 35.5. The number of nitrogens with zero attached hydrogens (tertiary/aromatic N) is 2. The number of rotatable bonds is 5. The third-order valence-corrected chi connectivity index (χ3v) is 3.71. The molecule has 1 atom stereocenters. The molecule has 1 unspecified atom stereocenters. The predicted molar refractivity (Wildman–Crippen MR) is 97.5 cm³/mol. The van der Waals surface area contributed by atoms with Crippen molar-refractivity contribution in [3.05, 3.63) is 47.5 Å². The molecule has 1 aromatic carbocycles. The molecule has 1 heterocycles. The number of halogens is 1. The van der Waals surface area contributed by atoms with Crippen molar-refractivity contribution in [1.82, 2.24) is 10.2 Å². The molecule has 130 valence electrons. The molecule has 0 aliphatic carbocycles. The standard InChI is InChI=1S/C18H24ClN3O2/c1-5-10-22(17(23)20-18(2,3)4)12-15-11-16(21-24-15)13-6-8-14(19)9-7-13/h5-9,15H,1,10-12H2,2-4H3,(H,20,23). The Kier molecular flexibility index (Phi) is 5.89. The average Bonchev–Trinajstić information content (AvgIpc) is 2.94. The van der Waals surface area contributed by atoms with Crippen LogP contribution in [0.1, 0.15) is 32.8 Å². The zero-order chi connectivity index (χ0) is 17.7. The lowest BCUT2D eigenvalue weighted by Gasteiger charge is -2.28. The molecule has 0 saturated heterocycles. The van der Waals surface area contributed by atoms with E-state index in [2.05, 4.69) is 17.1 Å². The number of carbonyl (C=O) groups is 1. The smallest absolute Gasteiger partial charge is 0.318 e. The van der Waals surface area contributed by atoms with Crippen molar-refractivity contribution in [2.75, 3.05) is 13.1 Å². The van der Waals surface area contributed by atoms with Crippen LogP contribution in [0.25, 0.3) is 0 Å². The minimum atomic E-state index is -0.294. The summed E-state index contributed by atoms with van der Waals surface area (Å²) < 4.78 is 0. The molecule has 1 aliphatic rings. The lowest BCUT2D eigenvalue weighted by Crippen LogP contribution is -2.50. The van der Waals surface area contributed by atoms with Gasteiger partial charge >= 0.3 is 6.03 Å². The Hall–Kier alpha value is -2.01. The molecule has 0 fully saturated rings. The van der Waals surface area contributed by atoms with Gasteiger partial charge in [-0.15, -0.1) is 6.58 Å². The van der Waals surface area contributed by atoms with Gasteiger partial charge in [-0.1, -0.05) is 35.0 Å². The number of oxime groups is 1. The molecule has 0 bridgehead atoms. The van der Waals surface area contributed by atoms with E-state index in [4.69, 9.17) is 16.4 Å². The second-order valence-electron chi connectivity index (χ2n) is 6.85. The second kappa shape index (κ2) is 7.71. The SMILES string of the molecule is C=CCN(CC1CC(c2ccc(Cl)cc2)=NO1)C(=O)NC(C)(C)C. The van der Waals surface area contributed by atoms with Gasteiger partial charge in [-0.2, -0.15) is 0 Å². The third kappa shape index (κ3) is 5.27. The van der Waals surface area contributed by atoms with Gasteiger partial charge in [0.1, 0.15) is 0 Å². The highest BCUT2D eigenvalue weighted by molar-refractivity contribution is 6.30. The summed E-state index contributed by atoms with van der Waals surface area (Å²) in [7, 11) is 0. The van der Waals surface area contributed by atoms with E-state index in [1.165, 1.54) is 0 Å². The van der Waals surface area contributed by atoms with Gasteiger partial charge in [0.05, 0.1) is 12.3 Å². The van der Waals surface area contributed by atoms with E-state index in [0.29, 0.717) is 24.5 Å². The van der Waals surface area contributed by atoms with Crippen molar-refractivity contribution in [2.45, 2.75) is 38.8 Å². The van der Waals surface area contributed by atoms with Crippen LogP contribution < -0.4 is 5.32 Å². The van der Waals surface area contributed by atoms with Crippen LogP contribution in [-0.2, 0) is 4.84 Å². The second-order valence-corrected chi connectivity index (χ2v) is 7.29. The van der Waals surface area contributed by atoms with E-state index in [1.807, 2.05) is 45.0 Å². The summed E-state index contributed by atoms with van der Waals surface area (Å²) in [6, 6.07) is 7.36. The highest BCUT2D eigenvalue weighted by Crippen LogP contribution is 2.19. The summed E-state index contributed by atoms with van der Waals surface area (Å²) >= 11 is 5.91. The summed E-state index contributed by atoms with van der Waals surface area (Å²) in [5.74, 6) is 0. The minimum absolute atomic E-state index is 0.133. The Morgan fingerprint density at radius 2 is 2.12 bits per heavy atom. The van der Waals surface area contributed by atoms with Crippen molar-refractivity contribution in [1.29, 1.82) is 0 Å². The molecule has 24 heavy (non-hydrogen) atoms. The highest BCUT2D eigenvalue weighted by Gasteiger charge is 2.27. The van der Waals surface area contributed by atoms with Gasteiger partial charge in [-0.25, -0.2) is 4.79 Å². The normalized spacial score (nSPS) is 17.0. The van der Waals surface area contributed by atoms with Crippen molar-refractivity contribution >= 4 is 23.3 Å². The Morgan fingerprint density at radius 3 is 2.71 bits per heavy atom. The van der Waals surface area contributed by atoms with Gasteiger partial charge in [-0.3, -0.25) is 0 Å². The molecule has 2 amide bonds. The van der Waals surface area contributed by atoms with E-state index in [1.54, 1.807) is 11.0 Å². The number of hydrogen-bond donors (Lipinski definition) is 1. The summed E-state index contributed by atoms with van der Waals surface area (Å²) in [5, 5.41) is 7.80. The topological polar surface area (TPSA) is 53.9 Å². The van der Waals surface area contributed by atoms with Gasteiger partial charge < -0.3 is 15.1 Å². The molecular weight excluding hydrogens is 326 g/mol. The Balaban J connectivity index is 1.96. The molecule has 0 aromatic heterocycles. The van der Waals surface area contributed by atoms with Crippen LogP contribution in [0.4, 0.5) is 4.79 Å². The van der Waals surface area contributed by atoms with Crippen molar-refractivity contribution in [3.8, 4) is 0 Å². The fraction of sp³-hybridized carbons (Fsp3) is 0.444. The van der Waals surface area contributed by atoms with E-state index in [9.17, 15) is 4.79 Å². The number of carbonyl (C=O) groups excluding carboxylic acids is 1. The number of urea groups is 1. The van der Waals surface area contributed by atoms with Crippen LogP contribution in [0.3, 0.4) is 0 Å². The zero-order valence-corrected chi connectivity index (χ0v) is 15.1. The lowest BCUT2D eigenvalue weighted by atomic mass is 10.0. The Bertz CT molecular complexity index is 620. The molecule has 0 spiro atoms. The van der Waals surface area contributed by atoms with Crippen LogP contribution in [0, 0.1) is 0 Å². The molecule has 2 rings (SSSR count). The lowest BCUT2D eigenvalue weighted by molar-refractivity contribution is 0.0621. The molecule has 5 nitrogen and oxygen atoms in total. The minimum Gasteiger partial charge on any atom is -0.390 e. The number of amides is 2. The van der Waals surface area contributed by atoms with E-state index < -0.39 is 0 Å². The Morgan fingerprint density at radius 1 is 1.46 bits per heavy atom.